The lowest BCUT2D eigenvalue weighted by atomic mass is 10.0. The third-order valence-corrected chi connectivity index (χ3v) is 6.55. The van der Waals surface area contributed by atoms with E-state index in [1.165, 1.54) is 30.4 Å². The van der Waals surface area contributed by atoms with Crippen molar-refractivity contribution in [2.45, 2.75) is 19.1 Å². The lowest BCUT2D eigenvalue weighted by Gasteiger charge is -2.30. The topological polar surface area (TPSA) is 154 Å². The van der Waals surface area contributed by atoms with Crippen molar-refractivity contribution >= 4 is 34.9 Å². The number of anilines is 1. The summed E-state index contributed by atoms with van der Waals surface area (Å²) in [6.45, 7) is -0.0151. The molecule has 0 fully saturated rings. The second-order valence-electron chi connectivity index (χ2n) is 8.17. The molecule has 0 aliphatic rings. The van der Waals surface area contributed by atoms with Crippen LogP contribution >= 0.6 is 11.5 Å². The van der Waals surface area contributed by atoms with Crippen LogP contribution in [0.15, 0.2) is 71.3 Å². The zero-order valence-electron chi connectivity index (χ0n) is 20.2. The average Bonchev–Trinajstić information content (AvgIpc) is 3.57. The molecule has 0 radical (unpaired) electrons. The highest BCUT2D eigenvalue weighted by atomic mass is 32.1. The maximum Gasteiger partial charge on any atom is 0.270 e. The number of nitrogens with one attached hydrogen (secondary N) is 1. The van der Waals surface area contributed by atoms with Crippen LogP contribution < -0.4 is 21.5 Å². The molecule has 0 aliphatic carbocycles. The van der Waals surface area contributed by atoms with Crippen LogP contribution in [0.1, 0.15) is 43.1 Å². The number of amides is 3. The number of carbonyl (C=O) groups is 3. The molecule has 0 saturated heterocycles. The standard InChI is InChI=1S/C26H24FN5O5S/c1-36-18-10-6-16(7-11-18)22(25(34)30-13-15-4-8-17(27)9-5-15)32(14-19-3-2-12-37-19)26(35)23-20(28)21(24(29)33)31-38-23/h2-12,22H,13-14,28H2,1H3,(H2,29,33)(H,30,34). The first-order chi connectivity index (χ1) is 18.3. The molecule has 0 bridgehead atoms. The van der Waals surface area contributed by atoms with Crippen LogP contribution in [0.2, 0.25) is 0 Å². The molecule has 10 nitrogen and oxygen atoms in total. The summed E-state index contributed by atoms with van der Waals surface area (Å²) < 4.78 is 27.9. The van der Waals surface area contributed by atoms with Crippen molar-refractivity contribution in [1.82, 2.24) is 14.6 Å². The molecule has 1 atom stereocenters. The Balaban J connectivity index is 1.74. The van der Waals surface area contributed by atoms with Gasteiger partial charge in [-0.05, 0) is 59.1 Å². The molecule has 1 unspecified atom stereocenters. The van der Waals surface area contributed by atoms with Gasteiger partial charge in [0, 0.05) is 6.54 Å². The first kappa shape index (κ1) is 26.4. The van der Waals surface area contributed by atoms with Gasteiger partial charge in [-0.2, -0.15) is 4.37 Å². The summed E-state index contributed by atoms with van der Waals surface area (Å²) in [5, 5.41) is 2.82. The van der Waals surface area contributed by atoms with E-state index in [0.717, 1.165) is 0 Å². The van der Waals surface area contributed by atoms with Crippen LogP contribution in [0.3, 0.4) is 0 Å². The van der Waals surface area contributed by atoms with E-state index in [4.69, 9.17) is 20.6 Å². The Labute approximate surface area is 221 Å². The Kier molecular flexibility index (Phi) is 8.02. The minimum atomic E-state index is -1.16. The molecule has 2 heterocycles. The maximum atomic E-state index is 13.9. The quantitative estimate of drug-likeness (QED) is 0.281. The van der Waals surface area contributed by atoms with E-state index in [-0.39, 0.29) is 29.3 Å². The zero-order valence-corrected chi connectivity index (χ0v) is 21.0. The predicted octanol–water partition coefficient (Wildman–Crippen LogP) is 3.27. The molecular weight excluding hydrogens is 513 g/mol. The van der Waals surface area contributed by atoms with Crippen LogP contribution in [0.5, 0.6) is 5.75 Å². The minimum Gasteiger partial charge on any atom is -0.497 e. The molecule has 2 aromatic heterocycles. The first-order valence-corrected chi connectivity index (χ1v) is 12.1. The minimum absolute atomic E-state index is 0.0461. The summed E-state index contributed by atoms with van der Waals surface area (Å²) in [5.74, 6) is -1.48. The van der Waals surface area contributed by atoms with Crippen molar-refractivity contribution in [2.75, 3.05) is 12.8 Å². The fraction of sp³-hybridized carbons (Fsp3) is 0.154. The molecule has 3 amide bonds. The number of furan rings is 1. The van der Waals surface area contributed by atoms with E-state index in [2.05, 4.69) is 9.69 Å². The molecule has 5 N–H and O–H groups in total. The summed E-state index contributed by atoms with van der Waals surface area (Å²) in [4.78, 5) is 40.5. The Morgan fingerprint density at radius 1 is 1.13 bits per heavy atom. The van der Waals surface area contributed by atoms with Crippen molar-refractivity contribution in [3.8, 4) is 5.75 Å². The van der Waals surface area contributed by atoms with Gasteiger partial charge in [0.1, 0.15) is 28.2 Å². The average molecular weight is 538 g/mol. The Hall–Kier alpha value is -4.71. The number of nitrogens with zero attached hydrogens (tertiary/aromatic N) is 2. The largest absolute Gasteiger partial charge is 0.497 e. The number of nitrogens with two attached hydrogens (primary N) is 2. The fourth-order valence-electron chi connectivity index (χ4n) is 3.76. The normalized spacial score (nSPS) is 11.5. The predicted molar refractivity (Wildman–Crippen MR) is 138 cm³/mol. The van der Waals surface area contributed by atoms with Crippen molar-refractivity contribution in [2.24, 2.45) is 5.73 Å². The Morgan fingerprint density at radius 2 is 1.84 bits per heavy atom. The lowest BCUT2D eigenvalue weighted by molar-refractivity contribution is -0.126. The second-order valence-corrected chi connectivity index (χ2v) is 8.94. The van der Waals surface area contributed by atoms with E-state index in [9.17, 15) is 18.8 Å². The van der Waals surface area contributed by atoms with E-state index < -0.39 is 29.6 Å². The molecule has 0 aliphatic heterocycles. The number of rotatable bonds is 10. The number of halogens is 1. The van der Waals surface area contributed by atoms with Gasteiger partial charge in [0.15, 0.2) is 5.69 Å². The van der Waals surface area contributed by atoms with Gasteiger partial charge < -0.3 is 30.8 Å². The summed E-state index contributed by atoms with van der Waals surface area (Å²) in [5.41, 5.74) is 12.1. The SMILES string of the molecule is COc1ccc(C(C(=O)NCc2ccc(F)cc2)N(Cc2ccco2)C(=O)c2snc(C(N)=O)c2N)cc1. The van der Waals surface area contributed by atoms with Gasteiger partial charge in [-0.1, -0.05) is 24.3 Å². The van der Waals surface area contributed by atoms with E-state index in [1.54, 1.807) is 48.5 Å². The summed E-state index contributed by atoms with van der Waals surface area (Å²) in [6, 6.07) is 14.5. The molecule has 38 heavy (non-hydrogen) atoms. The maximum absolute atomic E-state index is 13.9. The van der Waals surface area contributed by atoms with Crippen molar-refractivity contribution in [1.29, 1.82) is 0 Å². The number of ether oxygens (including phenoxy) is 1. The highest BCUT2D eigenvalue weighted by Crippen LogP contribution is 2.31. The number of hydrogen-bond acceptors (Lipinski definition) is 8. The molecule has 0 spiro atoms. The first-order valence-electron chi connectivity index (χ1n) is 11.3. The van der Waals surface area contributed by atoms with E-state index >= 15 is 0 Å². The number of carbonyl (C=O) groups excluding carboxylic acids is 3. The molecule has 4 rings (SSSR count). The third-order valence-electron chi connectivity index (χ3n) is 5.69. The molecule has 2 aromatic carbocycles. The molecule has 196 valence electrons. The Bertz CT molecular complexity index is 1420. The molecule has 12 heteroatoms. The van der Waals surface area contributed by atoms with Crippen molar-refractivity contribution < 1.29 is 27.9 Å². The molecular formula is C26H24FN5O5S. The van der Waals surface area contributed by atoms with Crippen molar-refractivity contribution in [3.05, 3.63) is 100 Å². The summed E-state index contributed by atoms with van der Waals surface area (Å²) >= 11 is 0.711. The van der Waals surface area contributed by atoms with Crippen LogP contribution in [-0.4, -0.2) is 34.1 Å². The second kappa shape index (κ2) is 11.6. The van der Waals surface area contributed by atoms with E-state index in [1.807, 2.05) is 0 Å². The van der Waals surface area contributed by atoms with Gasteiger partial charge in [-0.3, -0.25) is 14.4 Å². The molecule has 4 aromatic rings. The highest BCUT2D eigenvalue weighted by molar-refractivity contribution is 7.09. The van der Waals surface area contributed by atoms with Gasteiger partial charge in [-0.25, -0.2) is 4.39 Å². The fourth-order valence-corrected chi connectivity index (χ4v) is 4.52. The van der Waals surface area contributed by atoms with Crippen LogP contribution in [0, 0.1) is 5.82 Å². The number of nitrogen functional groups attached to an aromatic ring is 1. The van der Waals surface area contributed by atoms with Crippen LogP contribution in [0.4, 0.5) is 10.1 Å². The highest BCUT2D eigenvalue weighted by Gasteiger charge is 2.35. The van der Waals surface area contributed by atoms with E-state index in [0.29, 0.717) is 34.2 Å². The van der Waals surface area contributed by atoms with Gasteiger partial charge in [-0.15, -0.1) is 0 Å². The number of methoxy groups -OCH3 is 1. The van der Waals surface area contributed by atoms with Crippen LogP contribution in [-0.2, 0) is 17.9 Å². The number of aromatic nitrogens is 1. The van der Waals surface area contributed by atoms with Gasteiger partial charge in [0.2, 0.25) is 5.91 Å². The monoisotopic (exact) mass is 537 g/mol. The zero-order chi connectivity index (χ0) is 27.2. The Morgan fingerprint density at radius 3 is 2.42 bits per heavy atom. The summed E-state index contributed by atoms with van der Waals surface area (Å²) in [6.07, 6.45) is 1.45. The van der Waals surface area contributed by atoms with Crippen molar-refractivity contribution in [3.63, 3.8) is 0 Å². The number of benzene rings is 2. The van der Waals surface area contributed by atoms with Gasteiger partial charge in [0.05, 0.1) is 25.6 Å². The molecule has 0 saturated carbocycles. The lowest BCUT2D eigenvalue weighted by Crippen LogP contribution is -2.43. The van der Waals surface area contributed by atoms with Crippen LogP contribution in [0.25, 0.3) is 0 Å². The van der Waals surface area contributed by atoms with Gasteiger partial charge in [0.25, 0.3) is 11.8 Å². The van der Waals surface area contributed by atoms with Gasteiger partial charge >= 0.3 is 0 Å². The number of hydrogen-bond donors (Lipinski definition) is 3. The smallest absolute Gasteiger partial charge is 0.270 e. The summed E-state index contributed by atoms with van der Waals surface area (Å²) in [7, 11) is 1.51. The number of primary amides is 1. The third kappa shape index (κ3) is 5.81.